The van der Waals surface area contributed by atoms with Gasteiger partial charge in [0.25, 0.3) is 0 Å². The lowest BCUT2D eigenvalue weighted by Crippen LogP contribution is -2.48. The molecule has 4 atom stereocenters. The van der Waals surface area contributed by atoms with E-state index in [2.05, 4.69) is 4.90 Å². The Morgan fingerprint density at radius 3 is 2.58 bits per heavy atom. The summed E-state index contributed by atoms with van der Waals surface area (Å²) in [7, 11) is 0. The second kappa shape index (κ2) is 5.41. The number of fused-ring (bicyclic) bond motifs is 1. The molecule has 3 aliphatic rings. The molecule has 3 rings (SSSR count). The van der Waals surface area contributed by atoms with Crippen LogP contribution in [0, 0.1) is 11.8 Å². The van der Waals surface area contributed by atoms with Crippen LogP contribution in [0.2, 0.25) is 0 Å². The number of hydrogen-bond acceptors (Lipinski definition) is 3. The van der Waals surface area contributed by atoms with E-state index in [0.717, 1.165) is 51.9 Å². The van der Waals surface area contributed by atoms with E-state index in [1.807, 2.05) is 11.8 Å². The van der Waals surface area contributed by atoms with Gasteiger partial charge in [0.15, 0.2) is 0 Å². The fraction of sp³-hybridized carbons (Fsp3) is 0.933. The summed E-state index contributed by atoms with van der Waals surface area (Å²) in [5.41, 5.74) is 0. The van der Waals surface area contributed by atoms with Crippen molar-refractivity contribution in [2.75, 3.05) is 26.2 Å². The quantitative estimate of drug-likeness (QED) is 0.813. The zero-order valence-electron chi connectivity index (χ0n) is 11.9. The molecule has 0 radical (unpaired) electrons. The second-order valence-electron chi connectivity index (χ2n) is 6.58. The predicted octanol–water partition coefficient (Wildman–Crippen LogP) is 1.09. The van der Waals surface area contributed by atoms with Crippen molar-refractivity contribution < 1.29 is 9.90 Å². The number of aliphatic hydroxyl groups is 1. The molecular formula is C15H26N2O2. The molecule has 2 saturated heterocycles. The van der Waals surface area contributed by atoms with Crippen molar-refractivity contribution in [2.24, 2.45) is 11.8 Å². The summed E-state index contributed by atoms with van der Waals surface area (Å²) in [5, 5.41) is 9.96. The molecule has 4 heteroatoms. The molecule has 3 fully saturated rings. The van der Waals surface area contributed by atoms with Crippen molar-refractivity contribution in [3.8, 4) is 0 Å². The molecule has 1 saturated carbocycles. The first-order valence-corrected chi connectivity index (χ1v) is 7.87. The third-order valence-corrected chi connectivity index (χ3v) is 5.42. The number of aliphatic hydroxyl groups excluding tert-OH is 1. The van der Waals surface area contributed by atoms with E-state index in [1.54, 1.807) is 0 Å². The fourth-order valence-corrected chi connectivity index (χ4v) is 4.12. The standard InChI is InChI=1S/C15H26N2O2/c1-11(15(19)16-7-3-2-4-8-16)17-9-12-5-6-14(18)13(12)10-17/h11-14,18H,2-10H2,1H3. The molecule has 0 aromatic heterocycles. The number of carbonyl (C=O) groups is 1. The van der Waals surface area contributed by atoms with E-state index in [0.29, 0.717) is 17.7 Å². The van der Waals surface area contributed by atoms with E-state index in [-0.39, 0.29) is 12.1 Å². The largest absolute Gasteiger partial charge is 0.393 e. The molecule has 0 spiro atoms. The van der Waals surface area contributed by atoms with Crippen LogP contribution in [0.3, 0.4) is 0 Å². The zero-order valence-corrected chi connectivity index (χ0v) is 11.9. The Morgan fingerprint density at radius 1 is 1.16 bits per heavy atom. The van der Waals surface area contributed by atoms with Crippen molar-refractivity contribution in [1.82, 2.24) is 9.80 Å². The fourth-order valence-electron chi connectivity index (χ4n) is 4.12. The molecule has 1 N–H and O–H groups in total. The molecule has 0 aromatic carbocycles. The van der Waals surface area contributed by atoms with Gasteiger partial charge in [0, 0.05) is 32.1 Å². The second-order valence-corrected chi connectivity index (χ2v) is 6.58. The first kappa shape index (κ1) is 13.4. The van der Waals surface area contributed by atoms with Gasteiger partial charge in [0.05, 0.1) is 12.1 Å². The summed E-state index contributed by atoms with van der Waals surface area (Å²) in [6, 6.07) is -0.00380. The van der Waals surface area contributed by atoms with Crippen LogP contribution >= 0.6 is 0 Å². The maximum absolute atomic E-state index is 12.5. The number of carbonyl (C=O) groups excluding carboxylic acids is 1. The van der Waals surface area contributed by atoms with Crippen LogP contribution in [-0.4, -0.2) is 59.1 Å². The Morgan fingerprint density at radius 2 is 1.89 bits per heavy atom. The summed E-state index contributed by atoms with van der Waals surface area (Å²) in [6.45, 7) is 5.83. The molecule has 1 amide bonds. The monoisotopic (exact) mass is 266 g/mol. The molecule has 4 unspecified atom stereocenters. The third-order valence-electron chi connectivity index (χ3n) is 5.42. The molecular weight excluding hydrogens is 240 g/mol. The number of nitrogens with zero attached hydrogens (tertiary/aromatic N) is 2. The molecule has 0 bridgehead atoms. The van der Waals surface area contributed by atoms with Gasteiger partial charge in [-0.05, 0) is 44.9 Å². The highest BCUT2D eigenvalue weighted by Crippen LogP contribution is 2.38. The summed E-state index contributed by atoms with van der Waals surface area (Å²) in [5.74, 6) is 1.33. The van der Waals surface area contributed by atoms with Crippen molar-refractivity contribution in [3.05, 3.63) is 0 Å². The summed E-state index contributed by atoms with van der Waals surface area (Å²) < 4.78 is 0. The lowest BCUT2D eigenvalue weighted by molar-refractivity contribution is -0.137. The minimum Gasteiger partial charge on any atom is -0.393 e. The van der Waals surface area contributed by atoms with E-state index < -0.39 is 0 Å². The normalized spacial score (nSPS) is 37.4. The van der Waals surface area contributed by atoms with Gasteiger partial charge in [-0.2, -0.15) is 0 Å². The molecule has 2 aliphatic heterocycles. The molecule has 1 aliphatic carbocycles. The molecule has 2 heterocycles. The maximum Gasteiger partial charge on any atom is 0.239 e. The van der Waals surface area contributed by atoms with Gasteiger partial charge in [-0.15, -0.1) is 0 Å². The van der Waals surface area contributed by atoms with E-state index >= 15 is 0 Å². The van der Waals surface area contributed by atoms with Crippen molar-refractivity contribution >= 4 is 5.91 Å². The summed E-state index contributed by atoms with van der Waals surface area (Å²) in [4.78, 5) is 16.8. The van der Waals surface area contributed by atoms with Crippen LogP contribution < -0.4 is 0 Å². The van der Waals surface area contributed by atoms with Crippen LogP contribution in [0.4, 0.5) is 0 Å². The van der Waals surface area contributed by atoms with E-state index in [4.69, 9.17) is 0 Å². The molecule has 4 nitrogen and oxygen atoms in total. The number of piperidine rings is 1. The number of amides is 1. The van der Waals surface area contributed by atoms with Crippen molar-refractivity contribution in [1.29, 1.82) is 0 Å². The van der Waals surface area contributed by atoms with Gasteiger partial charge in [0.2, 0.25) is 5.91 Å². The van der Waals surface area contributed by atoms with Crippen LogP contribution in [0.1, 0.15) is 39.0 Å². The highest BCUT2D eigenvalue weighted by atomic mass is 16.3. The average molecular weight is 266 g/mol. The van der Waals surface area contributed by atoms with Crippen molar-refractivity contribution in [3.63, 3.8) is 0 Å². The number of hydrogen-bond donors (Lipinski definition) is 1. The zero-order chi connectivity index (χ0) is 13.4. The maximum atomic E-state index is 12.5. The van der Waals surface area contributed by atoms with E-state index in [9.17, 15) is 9.90 Å². The minimum atomic E-state index is -0.132. The van der Waals surface area contributed by atoms with Crippen LogP contribution in [0.15, 0.2) is 0 Å². The number of rotatable bonds is 2. The van der Waals surface area contributed by atoms with Crippen LogP contribution in [0.25, 0.3) is 0 Å². The minimum absolute atomic E-state index is 0.00380. The van der Waals surface area contributed by atoms with Gasteiger partial charge in [-0.1, -0.05) is 0 Å². The highest BCUT2D eigenvalue weighted by Gasteiger charge is 2.44. The Hall–Kier alpha value is -0.610. The Labute approximate surface area is 115 Å². The number of likely N-dealkylation sites (tertiary alicyclic amines) is 2. The Bertz CT molecular complexity index is 341. The lowest BCUT2D eigenvalue weighted by Gasteiger charge is -2.33. The molecule has 19 heavy (non-hydrogen) atoms. The Kier molecular flexibility index (Phi) is 3.81. The van der Waals surface area contributed by atoms with Crippen LogP contribution in [0.5, 0.6) is 0 Å². The molecule has 0 aromatic rings. The van der Waals surface area contributed by atoms with Gasteiger partial charge < -0.3 is 10.0 Å². The van der Waals surface area contributed by atoms with E-state index in [1.165, 1.54) is 6.42 Å². The smallest absolute Gasteiger partial charge is 0.239 e. The lowest BCUT2D eigenvalue weighted by atomic mass is 10.00. The summed E-state index contributed by atoms with van der Waals surface area (Å²) in [6.07, 6.45) is 5.53. The first-order chi connectivity index (χ1) is 9.16. The van der Waals surface area contributed by atoms with Gasteiger partial charge in [0.1, 0.15) is 0 Å². The average Bonchev–Trinajstić information content (AvgIpc) is 3.01. The van der Waals surface area contributed by atoms with Crippen LogP contribution in [-0.2, 0) is 4.79 Å². The van der Waals surface area contributed by atoms with Gasteiger partial charge >= 0.3 is 0 Å². The van der Waals surface area contributed by atoms with Gasteiger partial charge in [-0.25, -0.2) is 0 Å². The summed E-state index contributed by atoms with van der Waals surface area (Å²) >= 11 is 0. The topological polar surface area (TPSA) is 43.8 Å². The molecule has 108 valence electrons. The predicted molar refractivity (Wildman–Crippen MR) is 73.7 cm³/mol. The first-order valence-electron chi connectivity index (χ1n) is 7.87. The highest BCUT2D eigenvalue weighted by molar-refractivity contribution is 5.81. The Balaban J connectivity index is 1.58. The third kappa shape index (κ3) is 2.52. The van der Waals surface area contributed by atoms with Gasteiger partial charge in [-0.3, -0.25) is 9.69 Å². The van der Waals surface area contributed by atoms with Crippen molar-refractivity contribution in [2.45, 2.75) is 51.2 Å². The SMILES string of the molecule is CC(C(=O)N1CCCCC1)N1CC2CCC(O)C2C1.